The highest BCUT2D eigenvalue weighted by atomic mass is 79.9. The number of nitrogens with zero attached hydrogens (tertiary/aromatic N) is 2. The maximum atomic E-state index is 13.7. The molecule has 4 aromatic rings. The predicted molar refractivity (Wildman–Crippen MR) is 163 cm³/mol. The van der Waals surface area contributed by atoms with E-state index in [4.69, 9.17) is 11.6 Å². The molecule has 0 radical (unpaired) electrons. The molecule has 1 aliphatic carbocycles. The highest BCUT2D eigenvalue weighted by Gasteiger charge is 2.44. The molecule has 1 unspecified atom stereocenters. The molecule has 1 heterocycles. The summed E-state index contributed by atoms with van der Waals surface area (Å²) in [7, 11) is 0. The number of rotatable bonds is 4. The quantitative estimate of drug-likeness (QED) is 0.220. The van der Waals surface area contributed by atoms with Crippen LogP contribution in [-0.4, -0.2) is 18.6 Å². The largest absolute Gasteiger partial charge is 0.342 e. The summed E-state index contributed by atoms with van der Waals surface area (Å²) in [6.45, 7) is 4.77. The normalized spacial score (nSPS) is 18.9. The first-order valence-corrected chi connectivity index (χ1v) is 14.2. The first kappa shape index (κ1) is 25.8. The molecule has 0 saturated carbocycles. The second kappa shape index (κ2) is 9.96. The first-order chi connectivity index (χ1) is 18.8. The van der Waals surface area contributed by atoms with Crippen molar-refractivity contribution in [3.8, 4) is 0 Å². The van der Waals surface area contributed by atoms with E-state index in [1.54, 1.807) is 0 Å². The third-order valence-electron chi connectivity index (χ3n) is 7.78. The van der Waals surface area contributed by atoms with Gasteiger partial charge in [0.25, 0.3) is 0 Å². The van der Waals surface area contributed by atoms with E-state index in [9.17, 15) is 9.59 Å². The molecule has 1 aliphatic heterocycles. The van der Waals surface area contributed by atoms with Crippen molar-refractivity contribution in [1.82, 2.24) is 0 Å². The van der Waals surface area contributed by atoms with Gasteiger partial charge in [-0.1, -0.05) is 83.8 Å². The highest BCUT2D eigenvalue weighted by molar-refractivity contribution is 9.10. The second-order valence-corrected chi connectivity index (χ2v) is 12.5. The molecule has 1 atom stereocenters. The van der Waals surface area contributed by atoms with Gasteiger partial charge in [0, 0.05) is 38.4 Å². The van der Waals surface area contributed by atoms with Crippen LogP contribution in [0.15, 0.2) is 101 Å². The minimum absolute atomic E-state index is 0.160. The van der Waals surface area contributed by atoms with Crippen LogP contribution in [0.1, 0.15) is 48.8 Å². The molecule has 4 nitrogen and oxygen atoms in total. The van der Waals surface area contributed by atoms with Gasteiger partial charge in [-0.15, -0.1) is 0 Å². The molecule has 196 valence electrons. The van der Waals surface area contributed by atoms with E-state index in [1.807, 2.05) is 66.7 Å². The zero-order valence-electron chi connectivity index (χ0n) is 21.8. The summed E-state index contributed by atoms with van der Waals surface area (Å²) in [5.41, 5.74) is 5.04. The lowest BCUT2D eigenvalue weighted by atomic mass is 9.74. The Morgan fingerprint density at radius 3 is 2.36 bits per heavy atom. The third kappa shape index (κ3) is 4.68. The van der Waals surface area contributed by atoms with E-state index in [0.717, 1.165) is 56.2 Å². The Balaban J connectivity index is 1.67. The molecule has 0 spiro atoms. The molecule has 0 aromatic heterocycles. The van der Waals surface area contributed by atoms with Gasteiger partial charge in [0.1, 0.15) is 6.17 Å². The number of Topliss-reactive ketones (excluding diaryl/α,β-unsaturated/α-hetero) is 1. The van der Waals surface area contributed by atoms with Crippen molar-refractivity contribution in [3.05, 3.63) is 117 Å². The molecule has 6 heteroatoms. The van der Waals surface area contributed by atoms with Crippen LogP contribution in [0.25, 0.3) is 10.8 Å². The number of ketones is 1. The lowest BCUT2D eigenvalue weighted by Crippen LogP contribution is -2.51. The lowest BCUT2D eigenvalue weighted by Gasteiger charge is -2.51. The molecule has 39 heavy (non-hydrogen) atoms. The molecular weight excluding hydrogens is 572 g/mol. The van der Waals surface area contributed by atoms with E-state index in [0.29, 0.717) is 23.6 Å². The number of anilines is 2. The summed E-state index contributed by atoms with van der Waals surface area (Å²) in [6.07, 6.45) is 1.89. The van der Waals surface area contributed by atoms with E-state index in [-0.39, 0.29) is 17.4 Å². The summed E-state index contributed by atoms with van der Waals surface area (Å²) >= 11 is 9.85. The summed E-state index contributed by atoms with van der Waals surface area (Å²) in [6, 6.07) is 28.1. The van der Waals surface area contributed by atoms with Crippen molar-refractivity contribution in [3.63, 3.8) is 0 Å². The zero-order chi connectivity index (χ0) is 27.3. The standard InChI is InChI=1S/C33H28BrClN2O2/c1-33(2)17-30-27(31(39)18-33)19-36(25-14-12-24(35)13-15-25)32(22-7-10-23(34)11-8-22)37(30)29-16-9-21-5-3-4-6-26(21)28(29)20-38/h3-16,20,32H,17-19H2,1-2H3. The smallest absolute Gasteiger partial charge is 0.162 e. The maximum Gasteiger partial charge on any atom is 0.162 e. The van der Waals surface area contributed by atoms with Crippen LogP contribution >= 0.6 is 27.5 Å². The van der Waals surface area contributed by atoms with Crippen LogP contribution in [0, 0.1) is 5.41 Å². The van der Waals surface area contributed by atoms with E-state index >= 15 is 0 Å². The molecule has 6 rings (SSSR count). The van der Waals surface area contributed by atoms with E-state index < -0.39 is 0 Å². The molecular formula is C33H28BrClN2O2. The van der Waals surface area contributed by atoms with Crippen molar-refractivity contribution in [2.75, 3.05) is 16.3 Å². The molecule has 4 aromatic carbocycles. The van der Waals surface area contributed by atoms with Gasteiger partial charge in [-0.2, -0.15) is 0 Å². The minimum atomic E-state index is -0.292. The van der Waals surface area contributed by atoms with Crippen LogP contribution < -0.4 is 9.80 Å². The minimum Gasteiger partial charge on any atom is -0.342 e. The van der Waals surface area contributed by atoms with Crippen molar-refractivity contribution in [1.29, 1.82) is 0 Å². The van der Waals surface area contributed by atoms with E-state index in [1.165, 1.54) is 0 Å². The van der Waals surface area contributed by atoms with Crippen LogP contribution in [-0.2, 0) is 4.79 Å². The Bertz CT molecular complexity index is 1630. The Hall–Kier alpha value is -3.41. The van der Waals surface area contributed by atoms with Gasteiger partial charge in [-0.25, -0.2) is 0 Å². The summed E-state index contributed by atoms with van der Waals surface area (Å²) in [5.74, 6) is 0.160. The van der Waals surface area contributed by atoms with E-state index in [2.05, 4.69) is 57.8 Å². The topological polar surface area (TPSA) is 40.6 Å². The Morgan fingerprint density at radius 1 is 0.923 bits per heavy atom. The molecule has 0 amide bonds. The monoisotopic (exact) mass is 598 g/mol. The maximum absolute atomic E-state index is 13.7. The van der Waals surface area contributed by atoms with Gasteiger partial charge < -0.3 is 9.80 Å². The number of halogens is 2. The fourth-order valence-electron chi connectivity index (χ4n) is 6.00. The number of benzene rings is 4. The van der Waals surface area contributed by atoms with Gasteiger partial charge in [-0.3, -0.25) is 9.59 Å². The van der Waals surface area contributed by atoms with Gasteiger partial charge >= 0.3 is 0 Å². The first-order valence-electron chi connectivity index (χ1n) is 13.0. The van der Waals surface area contributed by atoms with Crippen LogP contribution in [0.2, 0.25) is 5.02 Å². The van der Waals surface area contributed by atoms with Crippen molar-refractivity contribution in [2.24, 2.45) is 5.41 Å². The van der Waals surface area contributed by atoms with Gasteiger partial charge in [0.05, 0.1) is 12.2 Å². The lowest BCUT2D eigenvalue weighted by molar-refractivity contribution is -0.118. The second-order valence-electron chi connectivity index (χ2n) is 11.1. The third-order valence-corrected chi connectivity index (χ3v) is 8.56. The van der Waals surface area contributed by atoms with Crippen LogP contribution in [0.5, 0.6) is 0 Å². The Morgan fingerprint density at radius 2 is 1.64 bits per heavy atom. The number of carbonyl (C=O) groups excluding carboxylic acids is 2. The van der Waals surface area contributed by atoms with Crippen molar-refractivity contribution < 1.29 is 9.59 Å². The number of hydrogen-bond donors (Lipinski definition) is 0. The number of hydrogen-bond acceptors (Lipinski definition) is 4. The molecule has 0 bridgehead atoms. The average Bonchev–Trinajstić information content (AvgIpc) is 2.92. The molecule has 0 N–H and O–H groups in total. The number of fused-ring (bicyclic) bond motifs is 1. The SMILES string of the molecule is CC1(C)CC(=O)C2=C(C1)N(c1ccc3ccccc3c1C=O)C(c1ccc(Br)cc1)N(c1ccc(Cl)cc1)C2. The fourth-order valence-corrected chi connectivity index (χ4v) is 6.39. The van der Waals surface area contributed by atoms with Gasteiger partial charge in [0.15, 0.2) is 12.1 Å². The van der Waals surface area contributed by atoms with Crippen molar-refractivity contribution in [2.45, 2.75) is 32.9 Å². The van der Waals surface area contributed by atoms with Crippen LogP contribution in [0.3, 0.4) is 0 Å². The van der Waals surface area contributed by atoms with Gasteiger partial charge in [0.2, 0.25) is 0 Å². The molecule has 0 saturated heterocycles. The number of allylic oxidation sites excluding steroid dienone is 1. The summed E-state index contributed by atoms with van der Waals surface area (Å²) in [5, 5.41) is 2.55. The fraction of sp³-hybridized carbons (Fsp3) is 0.212. The van der Waals surface area contributed by atoms with Crippen LogP contribution in [0.4, 0.5) is 11.4 Å². The van der Waals surface area contributed by atoms with Crippen molar-refractivity contribution >= 4 is 61.7 Å². The Labute approximate surface area is 242 Å². The Kier molecular flexibility index (Phi) is 6.60. The number of aldehydes is 1. The number of carbonyl (C=O) groups is 2. The summed E-state index contributed by atoms with van der Waals surface area (Å²) < 4.78 is 0.986. The van der Waals surface area contributed by atoms with Gasteiger partial charge in [-0.05, 0) is 70.6 Å². The predicted octanol–water partition coefficient (Wildman–Crippen LogP) is 8.74. The average molecular weight is 600 g/mol. The summed E-state index contributed by atoms with van der Waals surface area (Å²) in [4.78, 5) is 31.0. The highest BCUT2D eigenvalue weighted by Crippen LogP contribution is 2.49. The molecule has 0 fully saturated rings. The zero-order valence-corrected chi connectivity index (χ0v) is 24.2. The molecule has 2 aliphatic rings.